The Bertz CT molecular complexity index is 1330. The average molecular weight is 436 g/mol. The number of amides is 1. The van der Waals surface area contributed by atoms with Crippen molar-refractivity contribution in [3.8, 4) is 0 Å². The van der Waals surface area contributed by atoms with Gasteiger partial charge in [-0.1, -0.05) is 60.2 Å². The van der Waals surface area contributed by atoms with Crippen molar-refractivity contribution >= 4 is 34.2 Å². The van der Waals surface area contributed by atoms with E-state index < -0.39 is 5.78 Å². The Balaban J connectivity index is 1.67. The van der Waals surface area contributed by atoms with Crippen LogP contribution in [-0.2, 0) is 11.3 Å². The van der Waals surface area contributed by atoms with Gasteiger partial charge in [0.05, 0.1) is 13.0 Å². The number of carbonyl (C=O) groups excluding carboxylic acids is 2. The van der Waals surface area contributed by atoms with Crippen molar-refractivity contribution in [2.75, 3.05) is 4.90 Å². The third-order valence-electron chi connectivity index (χ3n) is 5.22. The third-order valence-corrected chi connectivity index (χ3v) is 5.22. The first-order valence-electron chi connectivity index (χ1n) is 10.8. The zero-order valence-electron chi connectivity index (χ0n) is 18.7. The monoisotopic (exact) mass is 435 g/mol. The molecule has 1 heterocycles. The molecule has 33 heavy (non-hydrogen) atoms. The van der Waals surface area contributed by atoms with Crippen LogP contribution in [0.25, 0.3) is 16.8 Å². The number of fused-ring (bicyclic) bond motifs is 1. The van der Waals surface area contributed by atoms with Crippen LogP contribution in [0.4, 0.5) is 5.69 Å². The minimum atomic E-state index is -0.399. The number of benzene rings is 3. The molecule has 5 heteroatoms. The van der Waals surface area contributed by atoms with Gasteiger partial charge in [0.25, 0.3) is 0 Å². The Morgan fingerprint density at radius 3 is 2.36 bits per heavy atom. The molecule has 5 nitrogen and oxygen atoms in total. The highest BCUT2D eigenvalue weighted by molar-refractivity contribution is 6.10. The summed E-state index contributed by atoms with van der Waals surface area (Å²) >= 11 is 0. The molecular weight excluding hydrogens is 410 g/mol. The van der Waals surface area contributed by atoms with E-state index in [4.69, 9.17) is 0 Å². The number of aromatic nitrogens is 2. The molecule has 4 aromatic rings. The van der Waals surface area contributed by atoms with Crippen molar-refractivity contribution in [3.05, 3.63) is 108 Å². The van der Waals surface area contributed by atoms with E-state index in [1.165, 1.54) is 12.4 Å². The predicted octanol–water partition coefficient (Wildman–Crippen LogP) is 5.86. The van der Waals surface area contributed by atoms with Crippen LogP contribution < -0.4 is 4.90 Å². The van der Waals surface area contributed by atoms with Gasteiger partial charge in [-0.25, -0.2) is 9.97 Å². The van der Waals surface area contributed by atoms with Gasteiger partial charge in [-0.15, -0.1) is 0 Å². The first kappa shape index (κ1) is 22.1. The van der Waals surface area contributed by atoms with Crippen molar-refractivity contribution in [2.45, 2.75) is 26.8 Å². The Labute approximate surface area is 193 Å². The number of hydrogen-bond acceptors (Lipinski definition) is 4. The highest BCUT2D eigenvalue weighted by atomic mass is 16.2. The first-order valence-corrected chi connectivity index (χ1v) is 10.8. The molecule has 0 N–H and O–H groups in total. The fourth-order valence-electron chi connectivity index (χ4n) is 3.71. The Kier molecular flexibility index (Phi) is 6.69. The molecule has 3 aromatic carbocycles. The van der Waals surface area contributed by atoms with E-state index in [9.17, 15) is 9.59 Å². The number of carbonyl (C=O) groups is 2. The van der Waals surface area contributed by atoms with E-state index >= 15 is 0 Å². The summed E-state index contributed by atoms with van der Waals surface area (Å²) in [6.45, 7) is 4.41. The summed E-state index contributed by atoms with van der Waals surface area (Å²) in [4.78, 5) is 35.7. The largest absolute Gasteiger partial charge is 0.308 e. The van der Waals surface area contributed by atoms with Crippen LogP contribution in [0.5, 0.6) is 0 Å². The van der Waals surface area contributed by atoms with E-state index in [0.29, 0.717) is 6.54 Å². The molecule has 0 saturated heterocycles. The van der Waals surface area contributed by atoms with Crippen LogP contribution in [-0.4, -0.2) is 21.7 Å². The van der Waals surface area contributed by atoms with Gasteiger partial charge in [0.1, 0.15) is 0 Å². The van der Waals surface area contributed by atoms with E-state index in [-0.39, 0.29) is 18.2 Å². The molecule has 1 aromatic heterocycles. The van der Waals surface area contributed by atoms with Crippen molar-refractivity contribution in [1.29, 1.82) is 0 Å². The maximum absolute atomic E-state index is 13.4. The second kappa shape index (κ2) is 10.0. The highest BCUT2D eigenvalue weighted by Gasteiger charge is 2.22. The minimum Gasteiger partial charge on any atom is -0.308 e. The molecule has 0 bridgehead atoms. The van der Waals surface area contributed by atoms with Crippen molar-refractivity contribution in [2.24, 2.45) is 0 Å². The van der Waals surface area contributed by atoms with E-state index in [2.05, 4.69) is 40.3 Å². The lowest BCUT2D eigenvalue weighted by molar-refractivity contribution is -0.117. The van der Waals surface area contributed by atoms with Gasteiger partial charge in [0.2, 0.25) is 11.7 Å². The normalized spacial score (nSPS) is 10.6. The number of hydrogen-bond donors (Lipinski definition) is 0. The molecule has 4 rings (SSSR count). The van der Waals surface area contributed by atoms with Crippen LogP contribution in [0.15, 0.2) is 90.8 Å². The highest BCUT2D eigenvalue weighted by Crippen LogP contribution is 2.24. The topological polar surface area (TPSA) is 63.2 Å². The minimum absolute atomic E-state index is 0.0507. The summed E-state index contributed by atoms with van der Waals surface area (Å²) in [7, 11) is 0. The molecule has 0 atom stereocenters. The lowest BCUT2D eigenvalue weighted by atomic mass is 10.1. The summed E-state index contributed by atoms with van der Waals surface area (Å²) in [5.74, 6) is -0.644. The number of nitrogens with zero attached hydrogens (tertiary/aromatic N) is 3. The molecule has 0 unspecified atom stereocenters. The molecule has 0 aliphatic heterocycles. The average Bonchev–Trinajstić information content (AvgIpc) is 2.82. The van der Waals surface area contributed by atoms with Crippen molar-refractivity contribution in [1.82, 2.24) is 9.97 Å². The maximum Gasteiger partial charge on any atom is 0.235 e. The van der Waals surface area contributed by atoms with Crippen LogP contribution >= 0.6 is 0 Å². The lowest BCUT2D eigenvalue weighted by Gasteiger charge is -2.23. The molecule has 164 valence electrons. The second-order valence-corrected chi connectivity index (χ2v) is 8.15. The zero-order valence-corrected chi connectivity index (χ0v) is 18.7. The predicted molar refractivity (Wildman–Crippen MR) is 132 cm³/mol. The molecule has 1 amide bonds. The quantitative estimate of drug-likeness (QED) is 0.269. The van der Waals surface area contributed by atoms with Crippen molar-refractivity contribution < 1.29 is 9.59 Å². The van der Waals surface area contributed by atoms with Gasteiger partial charge in [-0.05, 0) is 60.0 Å². The fourth-order valence-corrected chi connectivity index (χ4v) is 3.71. The van der Waals surface area contributed by atoms with Gasteiger partial charge >= 0.3 is 0 Å². The molecule has 0 aliphatic carbocycles. The molecule has 0 fully saturated rings. The van der Waals surface area contributed by atoms with E-state index in [1.54, 1.807) is 11.0 Å². The Morgan fingerprint density at radius 1 is 0.848 bits per heavy atom. The Morgan fingerprint density at radius 2 is 1.61 bits per heavy atom. The summed E-state index contributed by atoms with van der Waals surface area (Å²) < 4.78 is 0. The van der Waals surface area contributed by atoms with E-state index in [1.807, 2.05) is 56.3 Å². The molecule has 0 saturated carbocycles. The van der Waals surface area contributed by atoms with Gasteiger partial charge < -0.3 is 4.90 Å². The van der Waals surface area contributed by atoms with Crippen LogP contribution in [0.1, 0.15) is 42.0 Å². The first-order chi connectivity index (χ1) is 16.0. The SMILES string of the molecule is CC(C)=Cc1cccc(N(Cc2ccc3ccccc3c2)C(=O)CC(=O)c2ncccn2)c1. The molecule has 0 radical (unpaired) electrons. The van der Waals surface area contributed by atoms with Gasteiger partial charge in [0, 0.05) is 18.1 Å². The maximum atomic E-state index is 13.4. The molecule has 0 aliphatic rings. The third kappa shape index (κ3) is 5.57. The van der Waals surface area contributed by atoms with Crippen molar-refractivity contribution in [3.63, 3.8) is 0 Å². The second-order valence-electron chi connectivity index (χ2n) is 8.15. The zero-order chi connectivity index (χ0) is 23.2. The lowest BCUT2D eigenvalue weighted by Crippen LogP contribution is -2.32. The number of allylic oxidation sites excluding steroid dienone is 1. The van der Waals surface area contributed by atoms with Gasteiger partial charge in [0.15, 0.2) is 5.82 Å². The number of ketones is 1. The van der Waals surface area contributed by atoms with Crippen LogP contribution in [0.2, 0.25) is 0 Å². The standard InChI is InChI=1S/C28H25N3O2/c1-20(2)15-21-7-5-10-25(17-21)31(27(33)18-26(32)28-29-13-6-14-30-28)19-22-11-12-23-8-3-4-9-24(23)16-22/h3-17H,18-19H2,1-2H3. The number of anilines is 1. The number of rotatable bonds is 7. The van der Waals surface area contributed by atoms with E-state index in [0.717, 1.165) is 33.2 Å². The summed E-state index contributed by atoms with van der Waals surface area (Å²) in [5.41, 5.74) is 3.89. The number of Topliss-reactive ketones (excluding diaryl/α,β-unsaturated/α-hetero) is 1. The smallest absolute Gasteiger partial charge is 0.235 e. The molecule has 0 spiro atoms. The summed E-state index contributed by atoms with van der Waals surface area (Å²) in [6, 6.07) is 23.7. The Hall–Kier alpha value is -4.12. The molecular formula is C28H25N3O2. The summed E-state index contributed by atoms with van der Waals surface area (Å²) in [6.07, 6.45) is 4.76. The fraction of sp³-hybridized carbons (Fsp3) is 0.143. The van der Waals surface area contributed by atoms with Crippen LogP contribution in [0.3, 0.4) is 0 Å². The van der Waals surface area contributed by atoms with Gasteiger partial charge in [-0.3, -0.25) is 9.59 Å². The van der Waals surface area contributed by atoms with Gasteiger partial charge in [-0.2, -0.15) is 0 Å². The summed E-state index contributed by atoms with van der Waals surface area (Å²) in [5, 5.41) is 2.25. The van der Waals surface area contributed by atoms with Crippen LogP contribution in [0, 0.1) is 0 Å².